The molecule has 1 rings (SSSR count). The highest BCUT2D eigenvalue weighted by Gasteiger charge is 1.97. The van der Waals surface area contributed by atoms with Crippen LogP contribution >= 0.6 is 0 Å². The number of hydrogen-bond donors (Lipinski definition) is 1. The summed E-state index contributed by atoms with van der Waals surface area (Å²) in [4.78, 5) is 0. The van der Waals surface area contributed by atoms with Crippen molar-refractivity contribution in [1.29, 1.82) is 0 Å². The van der Waals surface area contributed by atoms with Gasteiger partial charge in [0.05, 0.1) is 0 Å². The zero-order valence-electron chi connectivity index (χ0n) is 7.83. The van der Waals surface area contributed by atoms with Gasteiger partial charge in [-0.25, -0.2) is 0 Å². The third-order valence-corrected chi connectivity index (χ3v) is 1.96. The molecule has 0 spiro atoms. The molecule has 12 heavy (non-hydrogen) atoms. The van der Waals surface area contributed by atoms with Crippen LogP contribution in [-0.2, 0) is 6.54 Å². The van der Waals surface area contributed by atoms with E-state index in [1.807, 2.05) is 23.9 Å². The molecule has 0 aliphatic carbocycles. The van der Waals surface area contributed by atoms with Gasteiger partial charge in [-0.3, -0.25) is 4.68 Å². The van der Waals surface area contributed by atoms with Crippen molar-refractivity contribution < 1.29 is 0 Å². The van der Waals surface area contributed by atoms with E-state index in [0.29, 0.717) is 6.04 Å². The molecule has 0 bridgehead atoms. The van der Waals surface area contributed by atoms with Gasteiger partial charge in [0.25, 0.3) is 0 Å². The fraction of sp³-hybridized carbons (Fsp3) is 0.667. The van der Waals surface area contributed by atoms with Crippen LogP contribution in [0.25, 0.3) is 0 Å². The Labute approximate surface area is 73.6 Å². The summed E-state index contributed by atoms with van der Waals surface area (Å²) >= 11 is 0. The van der Waals surface area contributed by atoms with Crippen molar-refractivity contribution in [3.05, 3.63) is 18.0 Å². The van der Waals surface area contributed by atoms with Crippen molar-refractivity contribution in [3.8, 4) is 0 Å². The minimum absolute atomic E-state index is 0.306. The summed E-state index contributed by atoms with van der Waals surface area (Å²) in [5.74, 6) is 0. The average molecular weight is 167 g/mol. The summed E-state index contributed by atoms with van der Waals surface area (Å²) in [6.45, 7) is 5.09. The van der Waals surface area contributed by atoms with Gasteiger partial charge in [-0.05, 0) is 32.8 Å². The number of hydrogen-bond acceptors (Lipinski definition) is 2. The Hall–Kier alpha value is -0.830. The second-order valence-electron chi connectivity index (χ2n) is 3.32. The van der Waals surface area contributed by atoms with Crippen molar-refractivity contribution >= 4 is 0 Å². The van der Waals surface area contributed by atoms with Crippen molar-refractivity contribution in [1.82, 2.24) is 9.78 Å². The molecule has 3 heteroatoms. The van der Waals surface area contributed by atoms with Crippen LogP contribution < -0.4 is 5.73 Å². The van der Waals surface area contributed by atoms with Crippen LogP contribution in [0.3, 0.4) is 0 Å². The fourth-order valence-electron chi connectivity index (χ4n) is 1.20. The minimum Gasteiger partial charge on any atom is -0.328 e. The molecule has 1 heterocycles. The van der Waals surface area contributed by atoms with Crippen molar-refractivity contribution in [2.24, 2.45) is 5.73 Å². The highest BCUT2D eigenvalue weighted by atomic mass is 15.3. The largest absolute Gasteiger partial charge is 0.328 e. The zero-order chi connectivity index (χ0) is 8.97. The SMILES string of the molecule is Cc1ccnn1CCCC(C)N. The first kappa shape index (κ1) is 9.26. The van der Waals surface area contributed by atoms with Crippen molar-refractivity contribution in [3.63, 3.8) is 0 Å². The lowest BCUT2D eigenvalue weighted by atomic mass is 10.2. The Morgan fingerprint density at radius 2 is 2.42 bits per heavy atom. The molecule has 0 aliphatic rings. The van der Waals surface area contributed by atoms with E-state index in [-0.39, 0.29) is 0 Å². The number of aryl methyl sites for hydroxylation is 2. The second kappa shape index (κ2) is 4.26. The van der Waals surface area contributed by atoms with Gasteiger partial charge >= 0.3 is 0 Å². The Morgan fingerprint density at radius 3 is 2.92 bits per heavy atom. The summed E-state index contributed by atoms with van der Waals surface area (Å²) in [7, 11) is 0. The smallest absolute Gasteiger partial charge is 0.0492 e. The Balaban J connectivity index is 2.29. The van der Waals surface area contributed by atoms with Crippen molar-refractivity contribution in [2.75, 3.05) is 0 Å². The van der Waals surface area contributed by atoms with Gasteiger partial charge in [-0.2, -0.15) is 5.10 Å². The van der Waals surface area contributed by atoms with Crippen LogP contribution in [-0.4, -0.2) is 15.8 Å². The molecular formula is C9H17N3. The Kier molecular flexibility index (Phi) is 3.29. The normalized spacial score (nSPS) is 13.2. The minimum atomic E-state index is 0.306. The molecule has 3 nitrogen and oxygen atoms in total. The molecule has 1 aromatic heterocycles. The van der Waals surface area contributed by atoms with Gasteiger partial charge < -0.3 is 5.73 Å². The van der Waals surface area contributed by atoms with E-state index in [1.54, 1.807) is 0 Å². The molecule has 0 saturated heterocycles. The maximum absolute atomic E-state index is 5.64. The van der Waals surface area contributed by atoms with Crippen molar-refractivity contribution in [2.45, 2.75) is 39.3 Å². The van der Waals surface area contributed by atoms with E-state index in [9.17, 15) is 0 Å². The molecule has 0 aromatic carbocycles. The van der Waals surface area contributed by atoms with Crippen LogP contribution in [0.2, 0.25) is 0 Å². The summed E-state index contributed by atoms with van der Waals surface area (Å²) < 4.78 is 2.02. The zero-order valence-corrected chi connectivity index (χ0v) is 7.83. The Morgan fingerprint density at radius 1 is 1.67 bits per heavy atom. The average Bonchev–Trinajstić information content (AvgIpc) is 2.36. The maximum atomic E-state index is 5.64. The van der Waals surface area contributed by atoms with Crippen LogP contribution in [0.5, 0.6) is 0 Å². The second-order valence-corrected chi connectivity index (χ2v) is 3.32. The number of nitrogens with two attached hydrogens (primary N) is 1. The van der Waals surface area contributed by atoms with E-state index in [4.69, 9.17) is 5.73 Å². The summed E-state index contributed by atoms with van der Waals surface area (Å²) in [6, 6.07) is 2.33. The maximum Gasteiger partial charge on any atom is 0.0492 e. The molecule has 1 aromatic rings. The lowest BCUT2D eigenvalue weighted by molar-refractivity contribution is 0.517. The molecule has 68 valence electrons. The van der Waals surface area contributed by atoms with Gasteiger partial charge in [0.15, 0.2) is 0 Å². The van der Waals surface area contributed by atoms with Gasteiger partial charge in [0.1, 0.15) is 0 Å². The number of nitrogens with zero attached hydrogens (tertiary/aromatic N) is 2. The molecule has 1 unspecified atom stereocenters. The molecule has 0 saturated carbocycles. The monoisotopic (exact) mass is 167 g/mol. The van der Waals surface area contributed by atoms with Crippen LogP contribution in [0.15, 0.2) is 12.3 Å². The third-order valence-electron chi connectivity index (χ3n) is 1.96. The first-order chi connectivity index (χ1) is 5.70. The topological polar surface area (TPSA) is 43.8 Å². The standard InChI is InChI=1S/C9H17N3/c1-8(10)4-3-7-12-9(2)5-6-11-12/h5-6,8H,3-4,7,10H2,1-2H3. The predicted octanol–water partition coefficient (Wildman–Crippen LogP) is 1.32. The van der Waals surface area contributed by atoms with E-state index in [2.05, 4.69) is 12.0 Å². The molecule has 0 radical (unpaired) electrons. The Bertz CT molecular complexity index is 227. The third kappa shape index (κ3) is 2.66. The highest BCUT2D eigenvalue weighted by Crippen LogP contribution is 2.00. The molecular weight excluding hydrogens is 150 g/mol. The van der Waals surface area contributed by atoms with E-state index < -0.39 is 0 Å². The molecule has 2 N–H and O–H groups in total. The van der Waals surface area contributed by atoms with Gasteiger partial charge in [-0.15, -0.1) is 0 Å². The number of rotatable bonds is 4. The molecule has 1 atom stereocenters. The first-order valence-electron chi connectivity index (χ1n) is 4.44. The van der Waals surface area contributed by atoms with Crippen LogP contribution in [0, 0.1) is 6.92 Å². The summed E-state index contributed by atoms with van der Waals surface area (Å²) in [5.41, 5.74) is 6.86. The van der Waals surface area contributed by atoms with E-state index in [0.717, 1.165) is 19.4 Å². The van der Waals surface area contributed by atoms with Crippen LogP contribution in [0.4, 0.5) is 0 Å². The lowest BCUT2D eigenvalue weighted by Crippen LogP contribution is -2.15. The molecule has 0 aliphatic heterocycles. The van der Waals surface area contributed by atoms with Gasteiger partial charge in [0.2, 0.25) is 0 Å². The van der Waals surface area contributed by atoms with Gasteiger partial charge in [-0.1, -0.05) is 0 Å². The molecule has 0 fully saturated rings. The number of aromatic nitrogens is 2. The lowest BCUT2D eigenvalue weighted by Gasteiger charge is -2.06. The summed E-state index contributed by atoms with van der Waals surface area (Å²) in [5, 5.41) is 4.19. The van der Waals surface area contributed by atoms with E-state index >= 15 is 0 Å². The van der Waals surface area contributed by atoms with Gasteiger partial charge in [0, 0.05) is 24.5 Å². The molecule has 0 amide bonds. The highest BCUT2D eigenvalue weighted by molar-refractivity contribution is 4.96. The first-order valence-corrected chi connectivity index (χ1v) is 4.44. The summed E-state index contributed by atoms with van der Waals surface area (Å²) in [6.07, 6.45) is 4.01. The fourth-order valence-corrected chi connectivity index (χ4v) is 1.20. The van der Waals surface area contributed by atoms with E-state index in [1.165, 1.54) is 5.69 Å². The van der Waals surface area contributed by atoms with Crippen LogP contribution in [0.1, 0.15) is 25.5 Å². The quantitative estimate of drug-likeness (QED) is 0.735. The predicted molar refractivity (Wildman–Crippen MR) is 49.8 cm³/mol.